The molecule has 0 aromatic heterocycles. The number of anilines is 1. The lowest BCUT2D eigenvalue weighted by molar-refractivity contribution is -0.151. The molecule has 0 aliphatic heterocycles. The van der Waals surface area contributed by atoms with Gasteiger partial charge in [0.1, 0.15) is 0 Å². The molecule has 0 fully saturated rings. The minimum atomic E-state index is -1.17. The predicted octanol–water partition coefficient (Wildman–Crippen LogP) is 4.21. The van der Waals surface area contributed by atoms with Gasteiger partial charge in [-0.3, -0.25) is 13.8 Å². The monoisotopic (exact) mass is 387 g/mol. The average Bonchev–Trinajstić information content (AvgIpc) is 2.67. The van der Waals surface area contributed by atoms with Crippen LogP contribution in [0.1, 0.15) is 38.7 Å². The molecule has 2 aromatic carbocycles. The summed E-state index contributed by atoms with van der Waals surface area (Å²) < 4.78 is 12.4. The van der Waals surface area contributed by atoms with Crippen LogP contribution in [0.25, 0.3) is 0 Å². The van der Waals surface area contributed by atoms with Crippen LogP contribution in [0, 0.1) is 5.41 Å². The van der Waals surface area contributed by atoms with Crippen LogP contribution in [-0.2, 0) is 26.1 Å². The number of rotatable bonds is 9. The maximum absolute atomic E-state index is 12.4. The summed E-state index contributed by atoms with van der Waals surface area (Å²) in [5.74, 6) is -0.937. The van der Waals surface area contributed by atoms with Gasteiger partial charge in [-0.15, -0.1) is 0 Å². The molecule has 1 unspecified atom stereocenters. The highest BCUT2D eigenvalue weighted by molar-refractivity contribution is 7.84. The van der Waals surface area contributed by atoms with Crippen molar-refractivity contribution in [2.75, 3.05) is 5.32 Å². The second kappa shape index (κ2) is 9.46. The maximum atomic E-state index is 12.4. The van der Waals surface area contributed by atoms with Crippen molar-refractivity contribution in [3.8, 4) is 0 Å². The van der Waals surface area contributed by atoms with Crippen molar-refractivity contribution in [2.45, 2.75) is 43.8 Å². The molecule has 27 heavy (non-hydrogen) atoms. The van der Waals surface area contributed by atoms with E-state index in [-0.39, 0.29) is 12.3 Å². The van der Waals surface area contributed by atoms with Gasteiger partial charge in [-0.2, -0.15) is 0 Å². The Kier molecular flexibility index (Phi) is 7.30. The van der Waals surface area contributed by atoms with Gasteiger partial charge in [0.25, 0.3) is 0 Å². The van der Waals surface area contributed by atoms with Gasteiger partial charge >= 0.3 is 5.97 Å². The summed E-state index contributed by atoms with van der Waals surface area (Å²) in [6.07, 6.45) is 0.709. The number of hydrogen-bond acceptors (Lipinski definition) is 3. The number of carboxylic acids is 1. The molecule has 0 aliphatic carbocycles. The second-order valence-electron chi connectivity index (χ2n) is 6.52. The van der Waals surface area contributed by atoms with Crippen molar-refractivity contribution < 1.29 is 18.9 Å². The molecule has 0 saturated carbocycles. The van der Waals surface area contributed by atoms with Crippen molar-refractivity contribution in [1.29, 1.82) is 0 Å². The van der Waals surface area contributed by atoms with Crippen LogP contribution in [0.5, 0.6) is 0 Å². The third-order valence-electron chi connectivity index (χ3n) is 4.82. The van der Waals surface area contributed by atoms with E-state index in [2.05, 4.69) is 5.32 Å². The summed E-state index contributed by atoms with van der Waals surface area (Å²) in [6.45, 7) is 3.56. The van der Waals surface area contributed by atoms with E-state index < -0.39 is 22.2 Å². The number of carbonyl (C=O) groups is 2. The average molecular weight is 388 g/mol. The molecule has 0 saturated heterocycles. The van der Waals surface area contributed by atoms with Gasteiger partial charge in [-0.05, 0) is 42.7 Å². The van der Waals surface area contributed by atoms with Gasteiger partial charge in [-0.25, -0.2) is 0 Å². The largest absolute Gasteiger partial charge is 0.481 e. The third kappa shape index (κ3) is 5.50. The summed E-state index contributed by atoms with van der Waals surface area (Å²) in [5, 5.41) is 12.2. The van der Waals surface area contributed by atoms with Crippen molar-refractivity contribution in [1.82, 2.24) is 0 Å². The van der Waals surface area contributed by atoms with E-state index >= 15 is 0 Å². The molecule has 1 atom stereocenters. The Hall–Kier alpha value is -2.47. The smallest absolute Gasteiger partial charge is 0.310 e. The van der Waals surface area contributed by atoms with E-state index in [1.54, 1.807) is 32.0 Å². The molecule has 6 heteroatoms. The lowest BCUT2D eigenvalue weighted by Crippen LogP contribution is -2.34. The van der Waals surface area contributed by atoms with Crippen LogP contribution in [0.3, 0.4) is 0 Å². The molecule has 2 N–H and O–H groups in total. The van der Waals surface area contributed by atoms with Gasteiger partial charge in [0.05, 0.1) is 22.0 Å². The molecular weight excluding hydrogens is 362 g/mol. The highest BCUT2D eigenvalue weighted by Gasteiger charge is 2.37. The van der Waals surface area contributed by atoms with E-state index in [0.29, 0.717) is 24.3 Å². The number of carboxylic acid groups (broad SMARTS) is 1. The Bertz CT molecular complexity index is 816. The summed E-state index contributed by atoms with van der Waals surface area (Å²) >= 11 is 0. The quantitative estimate of drug-likeness (QED) is 0.675. The zero-order valence-corrected chi connectivity index (χ0v) is 16.4. The number of hydrogen-bond donors (Lipinski definition) is 2. The van der Waals surface area contributed by atoms with Crippen LogP contribution in [0.2, 0.25) is 0 Å². The molecule has 2 aromatic rings. The standard InChI is InChI=1S/C21H25NO4S/c1-3-21(4-2,20(24)25)14-19(23)22-17-10-8-9-16(13-17)15-27(26)18-11-6-5-7-12-18/h5-13H,3-4,14-15H2,1-2H3,(H,22,23)(H,24,25). The molecule has 2 rings (SSSR count). The summed E-state index contributed by atoms with van der Waals surface area (Å²) in [7, 11) is -1.17. The van der Waals surface area contributed by atoms with E-state index in [9.17, 15) is 18.9 Å². The lowest BCUT2D eigenvalue weighted by atomic mass is 9.79. The molecule has 5 nitrogen and oxygen atoms in total. The Labute approximate surface area is 162 Å². The molecule has 0 bridgehead atoms. The van der Waals surface area contributed by atoms with Crippen LogP contribution in [0.15, 0.2) is 59.5 Å². The maximum Gasteiger partial charge on any atom is 0.310 e. The Morgan fingerprint density at radius 1 is 1.04 bits per heavy atom. The minimum absolute atomic E-state index is 0.0739. The van der Waals surface area contributed by atoms with E-state index in [1.807, 2.05) is 36.4 Å². The van der Waals surface area contributed by atoms with E-state index in [4.69, 9.17) is 0 Å². The number of amides is 1. The van der Waals surface area contributed by atoms with E-state index in [0.717, 1.165) is 10.5 Å². The number of benzene rings is 2. The number of carbonyl (C=O) groups excluding carboxylic acids is 1. The van der Waals surface area contributed by atoms with Gasteiger partial charge < -0.3 is 10.4 Å². The summed E-state index contributed by atoms with van der Waals surface area (Å²) in [4.78, 5) is 24.7. The summed E-state index contributed by atoms with van der Waals surface area (Å²) in [6, 6.07) is 16.4. The number of aliphatic carboxylic acids is 1. The molecule has 0 spiro atoms. The SMILES string of the molecule is CCC(CC)(CC(=O)Nc1cccc(CS(=O)c2ccccc2)c1)C(=O)O. The third-order valence-corrected chi connectivity index (χ3v) is 6.21. The molecule has 1 amide bonds. The molecular formula is C21H25NO4S. The van der Waals surface area contributed by atoms with Crippen molar-refractivity contribution in [2.24, 2.45) is 5.41 Å². The first-order chi connectivity index (χ1) is 12.9. The zero-order valence-electron chi connectivity index (χ0n) is 15.6. The fourth-order valence-electron chi connectivity index (χ4n) is 2.94. The molecule has 0 aliphatic rings. The van der Waals surface area contributed by atoms with Crippen molar-refractivity contribution in [3.05, 3.63) is 60.2 Å². The molecule has 0 heterocycles. The zero-order chi connectivity index (χ0) is 19.9. The Balaban J connectivity index is 2.06. The van der Waals surface area contributed by atoms with Gasteiger partial charge in [0, 0.05) is 17.0 Å². The van der Waals surface area contributed by atoms with Crippen molar-refractivity contribution in [3.63, 3.8) is 0 Å². The highest BCUT2D eigenvalue weighted by atomic mass is 32.2. The first-order valence-electron chi connectivity index (χ1n) is 8.96. The topological polar surface area (TPSA) is 83.5 Å². The first-order valence-corrected chi connectivity index (χ1v) is 10.3. The van der Waals surface area contributed by atoms with Crippen LogP contribution in [-0.4, -0.2) is 21.2 Å². The molecule has 0 radical (unpaired) electrons. The van der Waals surface area contributed by atoms with Gasteiger partial charge in [0.2, 0.25) is 5.91 Å². The predicted molar refractivity (Wildman–Crippen MR) is 107 cm³/mol. The van der Waals surface area contributed by atoms with Crippen LogP contribution in [0.4, 0.5) is 5.69 Å². The Morgan fingerprint density at radius 2 is 1.70 bits per heavy atom. The van der Waals surface area contributed by atoms with Crippen LogP contribution >= 0.6 is 0 Å². The lowest BCUT2D eigenvalue weighted by Gasteiger charge is -2.25. The minimum Gasteiger partial charge on any atom is -0.481 e. The van der Waals surface area contributed by atoms with Crippen molar-refractivity contribution >= 4 is 28.4 Å². The summed E-state index contributed by atoms with van der Waals surface area (Å²) in [5.41, 5.74) is 0.371. The van der Waals surface area contributed by atoms with E-state index in [1.165, 1.54) is 0 Å². The highest BCUT2D eigenvalue weighted by Crippen LogP contribution is 2.31. The molecule has 144 valence electrons. The Morgan fingerprint density at radius 3 is 2.30 bits per heavy atom. The first kappa shape index (κ1) is 20.8. The fraction of sp³-hybridized carbons (Fsp3) is 0.333. The van der Waals surface area contributed by atoms with Gasteiger partial charge in [0.15, 0.2) is 0 Å². The fourth-order valence-corrected chi connectivity index (χ4v) is 4.05. The van der Waals surface area contributed by atoms with Crippen LogP contribution < -0.4 is 5.32 Å². The number of nitrogens with one attached hydrogen (secondary N) is 1. The van der Waals surface area contributed by atoms with Gasteiger partial charge in [-0.1, -0.05) is 44.2 Å². The second-order valence-corrected chi connectivity index (χ2v) is 7.97. The normalized spacial score (nSPS) is 12.4.